The lowest BCUT2D eigenvalue weighted by Gasteiger charge is -2.15. The van der Waals surface area contributed by atoms with E-state index in [2.05, 4.69) is 26.3 Å². The minimum absolute atomic E-state index is 0.417. The SMILES string of the molecule is CN(C)c1ccc2nccc(Nc3ccc(C=O)nc3)c2c1. The summed E-state index contributed by atoms with van der Waals surface area (Å²) >= 11 is 0. The molecule has 0 fully saturated rings. The Kier molecular flexibility index (Phi) is 3.70. The van der Waals surface area contributed by atoms with Gasteiger partial charge in [-0.2, -0.15) is 0 Å². The van der Waals surface area contributed by atoms with Crippen LogP contribution in [0.2, 0.25) is 0 Å². The molecule has 0 saturated heterocycles. The standard InChI is InChI=1S/C17H16N4O/c1-21(2)14-5-6-16-15(9-14)17(7-8-18-16)20-12-3-4-13(11-22)19-10-12/h3-11H,1-2H3,(H,18,20). The number of fused-ring (bicyclic) bond motifs is 1. The summed E-state index contributed by atoms with van der Waals surface area (Å²) < 4.78 is 0. The van der Waals surface area contributed by atoms with E-state index in [0.29, 0.717) is 5.69 Å². The normalized spacial score (nSPS) is 10.5. The number of carbonyl (C=O) groups excluding carboxylic acids is 1. The fraction of sp³-hybridized carbons (Fsp3) is 0.118. The maximum absolute atomic E-state index is 10.7. The molecule has 1 N–H and O–H groups in total. The van der Waals surface area contributed by atoms with E-state index >= 15 is 0 Å². The van der Waals surface area contributed by atoms with E-state index in [-0.39, 0.29) is 0 Å². The highest BCUT2D eigenvalue weighted by Crippen LogP contribution is 2.28. The van der Waals surface area contributed by atoms with E-state index < -0.39 is 0 Å². The molecular formula is C17H16N4O. The summed E-state index contributed by atoms with van der Waals surface area (Å²) in [5, 5.41) is 4.36. The molecule has 110 valence electrons. The largest absolute Gasteiger partial charge is 0.378 e. The smallest absolute Gasteiger partial charge is 0.168 e. The topological polar surface area (TPSA) is 58.1 Å². The second kappa shape index (κ2) is 5.81. The van der Waals surface area contributed by atoms with Crippen LogP contribution in [0.25, 0.3) is 10.9 Å². The maximum atomic E-state index is 10.7. The number of nitrogens with one attached hydrogen (secondary N) is 1. The maximum Gasteiger partial charge on any atom is 0.168 e. The Hall–Kier alpha value is -2.95. The second-order valence-electron chi connectivity index (χ2n) is 5.17. The van der Waals surface area contributed by atoms with E-state index in [1.165, 1.54) is 0 Å². The summed E-state index contributed by atoms with van der Waals surface area (Å²) in [5.41, 5.74) is 4.23. The highest BCUT2D eigenvalue weighted by Gasteiger charge is 2.05. The molecule has 0 unspecified atom stereocenters. The van der Waals surface area contributed by atoms with Gasteiger partial charge in [-0.15, -0.1) is 0 Å². The third-order valence-electron chi connectivity index (χ3n) is 3.43. The molecule has 3 rings (SSSR count). The molecule has 0 aliphatic rings. The van der Waals surface area contributed by atoms with Crippen molar-refractivity contribution < 1.29 is 4.79 Å². The number of anilines is 3. The van der Waals surface area contributed by atoms with Crippen molar-refractivity contribution in [2.75, 3.05) is 24.3 Å². The van der Waals surface area contributed by atoms with Gasteiger partial charge in [0.2, 0.25) is 0 Å². The van der Waals surface area contributed by atoms with Crippen molar-refractivity contribution in [2.45, 2.75) is 0 Å². The van der Waals surface area contributed by atoms with Gasteiger partial charge < -0.3 is 10.2 Å². The Morgan fingerprint density at radius 1 is 1.09 bits per heavy atom. The number of aromatic nitrogens is 2. The lowest BCUT2D eigenvalue weighted by molar-refractivity contribution is 0.111. The van der Waals surface area contributed by atoms with E-state index in [9.17, 15) is 4.79 Å². The van der Waals surface area contributed by atoms with Gasteiger partial charge in [0.25, 0.3) is 0 Å². The van der Waals surface area contributed by atoms with Crippen LogP contribution in [0, 0.1) is 0 Å². The number of pyridine rings is 2. The number of hydrogen-bond donors (Lipinski definition) is 1. The van der Waals surface area contributed by atoms with Crippen molar-refractivity contribution >= 4 is 34.3 Å². The van der Waals surface area contributed by atoms with Gasteiger partial charge in [-0.05, 0) is 36.4 Å². The molecule has 0 saturated carbocycles. The first-order valence-electron chi connectivity index (χ1n) is 6.92. The molecule has 0 aliphatic heterocycles. The third kappa shape index (κ3) is 2.74. The summed E-state index contributed by atoms with van der Waals surface area (Å²) in [6, 6.07) is 11.6. The Morgan fingerprint density at radius 3 is 2.64 bits per heavy atom. The van der Waals surface area contributed by atoms with E-state index in [0.717, 1.165) is 34.3 Å². The molecule has 0 amide bonds. The summed E-state index contributed by atoms with van der Waals surface area (Å²) in [7, 11) is 4.01. The van der Waals surface area contributed by atoms with Gasteiger partial charge in [0, 0.05) is 37.1 Å². The van der Waals surface area contributed by atoms with Crippen LogP contribution in [0.4, 0.5) is 17.1 Å². The average Bonchev–Trinajstić information content (AvgIpc) is 2.55. The molecule has 0 spiro atoms. The number of aldehydes is 1. The number of rotatable bonds is 4. The number of carbonyl (C=O) groups is 1. The van der Waals surface area contributed by atoms with Crippen LogP contribution < -0.4 is 10.2 Å². The second-order valence-corrected chi connectivity index (χ2v) is 5.17. The minimum Gasteiger partial charge on any atom is -0.378 e. The molecule has 0 atom stereocenters. The van der Waals surface area contributed by atoms with E-state index in [4.69, 9.17) is 0 Å². The highest BCUT2D eigenvalue weighted by atomic mass is 16.1. The Labute approximate surface area is 128 Å². The van der Waals surface area contributed by atoms with E-state index in [1.54, 1.807) is 18.5 Å². The summed E-state index contributed by atoms with van der Waals surface area (Å²) in [4.78, 5) is 21.2. The summed E-state index contributed by atoms with van der Waals surface area (Å²) in [6.45, 7) is 0. The molecule has 22 heavy (non-hydrogen) atoms. The highest BCUT2D eigenvalue weighted by molar-refractivity contribution is 5.95. The van der Waals surface area contributed by atoms with Crippen molar-refractivity contribution in [2.24, 2.45) is 0 Å². The molecule has 2 heterocycles. The van der Waals surface area contributed by atoms with Gasteiger partial charge in [0.15, 0.2) is 6.29 Å². The molecule has 0 aliphatic carbocycles. The first kappa shape index (κ1) is 14.0. The van der Waals surface area contributed by atoms with Gasteiger partial charge in [0.05, 0.1) is 17.4 Å². The van der Waals surface area contributed by atoms with Crippen molar-refractivity contribution in [1.82, 2.24) is 9.97 Å². The van der Waals surface area contributed by atoms with Crippen LogP contribution in [-0.4, -0.2) is 30.3 Å². The van der Waals surface area contributed by atoms with Gasteiger partial charge in [-0.1, -0.05) is 0 Å². The van der Waals surface area contributed by atoms with Gasteiger partial charge in [-0.25, -0.2) is 0 Å². The van der Waals surface area contributed by atoms with Crippen molar-refractivity contribution in [3.63, 3.8) is 0 Å². The fourth-order valence-corrected chi connectivity index (χ4v) is 2.23. The molecular weight excluding hydrogens is 276 g/mol. The third-order valence-corrected chi connectivity index (χ3v) is 3.43. The Morgan fingerprint density at radius 2 is 1.95 bits per heavy atom. The quantitative estimate of drug-likeness (QED) is 0.748. The van der Waals surface area contributed by atoms with Crippen LogP contribution in [0.1, 0.15) is 10.5 Å². The Balaban J connectivity index is 2.01. The first-order chi connectivity index (χ1) is 10.7. The van der Waals surface area contributed by atoms with Crippen LogP contribution in [-0.2, 0) is 0 Å². The minimum atomic E-state index is 0.417. The van der Waals surface area contributed by atoms with Crippen molar-refractivity contribution in [1.29, 1.82) is 0 Å². The summed E-state index contributed by atoms with van der Waals surface area (Å²) in [6.07, 6.45) is 4.15. The van der Waals surface area contributed by atoms with Crippen molar-refractivity contribution in [3.8, 4) is 0 Å². The first-order valence-corrected chi connectivity index (χ1v) is 6.92. The molecule has 2 aromatic heterocycles. The number of nitrogens with zero attached hydrogens (tertiary/aromatic N) is 3. The molecule has 0 radical (unpaired) electrons. The monoisotopic (exact) mass is 292 g/mol. The van der Waals surface area contributed by atoms with Gasteiger partial charge in [0.1, 0.15) is 5.69 Å². The number of hydrogen-bond acceptors (Lipinski definition) is 5. The fourth-order valence-electron chi connectivity index (χ4n) is 2.23. The van der Waals surface area contributed by atoms with Crippen LogP contribution >= 0.6 is 0 Å². The molecule has 3 aromatic rings. The van der Waals surface area contributed by atoms with Crippen molar-refractivity contribution in [3.05, 3.63) is 54.5 Å². The lowest BCUT2D eigenvalue weighted by atomic mass is 10.1. The lowest BCUT2D eigenvalue weighted by Crippen LogP contribution is -2.08. The molecule has 5 nitrogen and oxygen atoms in total. The average molecular weight is 292 g/mol. The van der Waals surface area contributed by atoms with Crippen LogP contribution in [0.3, 0.4) is 0 Å². The van der Waals surface area contributed by atoms with E-state index in [1.807, 2.05) is 38.4 Å². The molecule has 1 aromatic carbocycles. The summed E-state index contributed by atoms with van der Waals surface area (Å²) in [5.74, 6) is 0. The predicted octanol–water partition coefficient (Wildman–Crippen LogP) is 3.25. The van der Waals surface area contributed by atoms with Gasteiger partial charge >= 0.3 is 0 Å². The zero-order chi connectivity index (χ0) is 15.5. The van der Waals surface area contributed by atoms with Gasteiger partial charge in [-0.3, -0.25) is 14.8 Å². The Bertz CT molecular complexity index is 813. The molecule has 0 bridgehead atoms. The predicted molar refractivity (Wildman–Crippen MR) is 89.0 cm³/mol. The van der Waals surface area contributed by atoms with Crippen LogP contribution in [0.5, 0.6) is 0 Å². The zero-order valence-electron chi connectivity index (χ0n) is 12.4. The molecule has 5 heteroatoms. The van der Waals surface area contributed by atoms with Crippen LogP contribution in [0.15, 0.2) is 48.8 Å². The number of benzene rings is 1. The zero-order valence-corrected chi connectivity index (χ0v) is 12.4.